The average molecular weight is 182 g/mol. The fourth-order valence-corrected chi connectivity index (χ4v) is 1.73. The Labute approximate surface area is 80.0 Å². The van der Waals surface area contributed by atoms with Crippen LogP contribution in [-0.4, -0.2) is 12.1 Å². The van der Waals surface area contributed by atoms with Crippen molar-refractivity contribution in [2.45, 2.75) is 45.1 Å². The van der Waals surface area contributed by atoms with Gasteiger partial charge in [0.05, 0.1) is 6.42 Å². The Morgan fingerprint density at radius 3 is 3.00 bits per heavy atom. The maximum atomic E-state index is 11.0. The molecular weight excluding hydrogens is 164 g/mol. The first-order chi connectivity index (χ1) is 6.27. The van der Waals surface area contributed by atoms with E-state index in [0.717, 1.165) is 12.8 Å². The first kappa shape index (κ1) is 10.3. The Morgan fingerprint density at radius 1 is 1.62 bits per heavy atom. The van der Waals surface area contributed by atoms with Crippen LogP contribution in [0.3, 0.4) is 0 Å². The van der Waals surface area contributed by atoms with Gasteiger partial charge in [0, 0.05) is 5.92 Å². The predicted molar refractivity (Wildman–Crippen MR) is 52.3 cm³/mol. The molecule has 0 bridgehead atoms. The Kier molecular flexibility index (Phi) is 4.00. The predicted octanol–water partition coefficient (Wildman–Crippen LogP) is 2.68. The molecule has 0 radical (unpaired) electrons. The second-order valence-electron chi connectivity index (χ2n) is 3.63. The molecule has 0 aromatic rings. The van der Waals surface area contributed by atoms with E-state index >= 15 is 0 Å². The quantitative estimate of drug-likeness (QED) is 0.371. The summed E-state index contributed by atoms with van der Waals surface area (Å²) in [4.78, 5) is 11.0. The zero-order valence-corrected chi connectivity index (χ0v) is 8.29. The molecule has 0 unspecified atom stereocenters. The fraction of sp³-hybridized carbons (Fsp3) is 0.727. The van der Waals surface area contributed by atoms with Crippen molar-refractivity contribution >= 4 is 5.97 Å². The van der Waals surface area contributed by atoms with Crippen LogP contribution in [0, 0.1) is 5.92 Å². The van der Waals surface area contributed by atoms with Crippen LogP contribution in [-0.2, 0) is 9.53 Å². The van der Waals surface area contributed by atoms with Crippen LogP contribution in [0.5, 0.6) is 0 Å². The van der Waals surface area contributed by atoms with Crippen LogP contribution in [0.15, 0.2) is 12.7 Å². The normalized spacial score (nSPS) is 27.3. The zero-order chi connectivity index (χ0) is 9.68. The second kappa shape index (κ2) is 5.05. The van der Waals surface area contributed by atoms with Crippen molar-refractivity contribution in [3.05, 3.63) is 12.7 Å². The molecule has 1 saturated heterocycles. The summed E-state index contributed by atoms with van der Waals surface area (Å²) in [5, 5.41) is 0. The lowest BCUT2D eigenvalue weighted by atomic mass is 9.97. The molecule has 1 fully saturated rings. The summed E-state index contributed by atoms with van der Waals surface area (Å²) < 4.78 is 5.20. The molecule has 13 heavy (non-hydrogen) atoms. The third kappa shape index (κ3) is 2.87. The van der Waals surface area contributed by atoms with Gasteiger partial charge in [-0.1, -0.05) is 25.8 Å². The molecule has 1 aliphatic heterocycles. The third-order valence-electron chi connectivity index (χ3n) is 2.56. The van der Waals surface area contributed by atoms with Gasteiger partial charge in [-0.05, 0) is 12.8 Å². The van der Waals surface area contributed by atoms with E-state index < -0.39 is 0 Å². The summed E-state index contributed by atoms with van der Waals surface area (Å²) in [6, 6.07) is 0. The minimum atomic E-state index is -0.0635. The third-order valence-corrected chi connectivity index (χ3v) is 2.56. The van der Waals surface area contributed by atoms with E-state index in [-0.39, 0.29) is 18.0 Å². The Bertz CT molecular complexity index is 187. The number of carbonyl (C=O) groups is 1. The van der Waals surface area contributed by atoms with E-state index in [1.54, 1.807) is 0 Å². The molecule has 0 aromatic carbocycles. The number of ether oxygens (including phenoxy) is 1. The van der Waals surface area contributed by atoms with Crippen molar-refractivity contribution in [1.29, 1.82) is 0 Å². The molecule has 0 saturated carbocycles. The Balaban J connectivity index is 2.31. The highest BCUT2D eigenvalue weighted by Crippen LogP contribution is 2.26. The molecule has 1 heterocycles. The second-order valence-corrected chi connectivity index (χ2v) is 3.63. The summed E-state index contributed by atoms with van der Waals surface area (Å²) in [5.41, 5.74) is 0. The van der Waals surface area contributed by atoms with Gasteiger partial charge in [-0.3, -0.25) is 4.79 Å². The molecule has 74 valence electrons. The van der Waals surface area contributed by atoms with Crippen molar-refractivity contribution in [2.75, 3.05) is 0 Å². The summed E-state index contributed by atoms with van der Waals surface area (Å²) in [6.07, 6.45) is 7.06. The molecule has 1 aliphatic rings. The van der Waals surface area contributed by atoms with Crippen LogP contribution < -0.4 is 0 Å². The molecule has 0 amide bonds. The van der Waals surface area contributed by atoms with E-state index in [4.69, 9.17) is 4.74 Å². The molecule has 0 aromatic heterocycles. The minimum absolute atomic E-state index is 0.0635. The Hall–Kier alpha value is -0.790. The Morgan fingerprint density at radius 2 is 2.38 bits per heavy atom. The molecule has 0 N–H and O–H groups in total. The number of rotatable bonds is 5. The van der Waals surface area contributed by atoms with Gasteiger partial charge in [0.2, 0.25) is 0 Å². The molecule has 2 nitrogen and oxygen atoms in total. The molecular formula is C11H18O2. The van der Waals surface area contributed by atoms with E-state index in [0.29, 0.717) is 6.42 Å². The van der Waals surface area contributed by atoms with E-state index in [2.05, 4.69) is 13.5 Å². The van der Waals surface area contributed by atoms with Gasteiger partial charge in [0.15, 0.2) is 0 Å². The topological polar surface area (TPSA) is 26.3 Å². The van der Waals surface area contributed by atoms with Gasteiger partial charge in [-0.2, -0.15) is 0 Å². The molecule has 0 spiro atoms. The van der Waals surface area contributed by atoms with Gasteiger partial charge in [-0.15, -0.1) is 6.58 Å². The van der Waals surface area contributed by atoms with Crippen molar-refractivity contribution < 1.29 is 9.53 Å². The smallest absolute Gasteiger partial charge is 0.306 e. The van der Waals surface area contributed by atoms with Gasteiger partial charge in [0.25, 0.3) is 0 Å². The van der Waals surface area contributed by atoms with Gasteiger partial charge in [-0.25, -0.2) is 0 Å². The number of unbranched alkanes of at least 4 members (excludes halogenated alkanes) is 2. The first-order valence-corrected chi connectivity index (χ1v) is 5.10. The number of hydrogen-bond acceptors (Lipinski definition) is 2. The lowest BCUT2D eigenvalue weighted by molar-refractivity contribution is -0.141. The lowest BCUT2D eigenvalue weighted by Gasteiger charge is -2.13. The molecule has 1 rings (SSSR count). The number of cyclic esters (lactones) is 1. The summed E-state index contributed by atoms with van der Waals surface area (Å²) in [7, 11) is 0. The van der Waals surface area contributed by atoms with E-state index in [1.807, 2.05) is 6.08 Å². The van der Waals surface area contributed by atoms with E-state index in [9.17, 15) is 4.79 Å². The summed E-state index contributed by atoms with van der Waals surface area (Å²) in [6.45, 7) is 5.90. The van der Waals surface area contributed by atoms with Crippen LogP contribution in [0.25, 0.3) is 0 Å². The van der Waals surface area contributed by atoms with Gasteiger partial charge < -0.3 is 4.74 Å². The maximum Gasteiger partial charge on any atom is 0.306 e. The van der Waals surface area contributed by atoms with Crippen molar-refractivity contribution in [3.8, 4) is 0 Å². The van der Waals surface area contributed by atoms with Crippen molar-refractivity contribution in [3.63, 3.8) is 0 Å². The zero-order valence-electron chi connectivity index (χ0n) is 8.29. The standard InChI is InChI=1S/C11H18O2/c1-3-5-6-7-10-9(4-2)8-11(12)13-10/h4,9-10H,2-3,5-8H2,1H3/t9-,10-/m0/s1. The van der Waals surface area contributed by atoms with Gasteiger partial charge in [0.1, 0.15) is 6.10 Å². The number of hydrogen-bond donors (Lipinski definition) is 0. The SMILES string of the molecule is C=C[C@H]1CC(=O)O[C@H]1CCCCC. The molecule has 2 heteroatoms. The van der Waals surface area contributed by atoms with Crippen molar-refractivity contribution in [2.24, 2.45) is 5.92 Å². The average Bonchev–Trinajstić information content (AvgIpc) is 2.47. The van der Waals surface area contributed by atoms with Gasteiger partial charge >= 0.3 is 5.97 Å². The molecule has 2 atom stereocenters. The fourth-order valence-electron chi connectivity index (χ4n) is 1.73. The van der Waals surface area contributed by atoms with Crippen molar-refractivity contribution in [1.82, 2.24) is 0 Å². The molecule has 0 aliphatic carbocycles. The first-order valence-electron chi connectivity index (χ1n) is 5.10. The highest BCUT2D eigenvalue weighted by Gasteiger charge is 2.31. The number of esters is 1. The maximum absolute atomic E-state index is 11.0. The summed E-state index contributed by atoms with van der Waals surface area (Å²) in [5.74, 6) is 0.191. The highest BCUT2D eigenvalue weighted by atomic mass is 16.5. The lowest BCUT2D eigenvalue weighted by Crippen LogP contribution is -2.13. The highest BCUT2D eigenvalue weighted by molar-refractivity contribution is 5.72. The monoisotopic (exact) mass is 182 g/mol. The van der Waals surface area contributed by atoms with Crippen LogP contribution in [0.1, 0.15) is 39.0 Å². The van der Waals surface area contributed by atoms with Crippen LogP contribution in [0.2, 0.25) is 0 Å². The number of carbonyl (C=O) groups excluding carboxylic acids is 1. The van der Waals surface area contributed by atoms with Crippen LogP contribution in [0.4, 0.5) is 0 Å². The summed E-state index contributed by atoms with van der Waals surface area (Å²) >= 11 is 0. The van der Waals surface area contributed by atoms with Crippen LogP contribution >= 0.6 is 0 Å². The largest absolute Gasteiger partial charge is 0.462 e. The van der Waals surface area contributed by atoms with E-state index in [1.165, 1.54) is 12.8 Å². The minimum Gasteiger partial charge on any atom is -0.462 e.